The third kappa shape index (κ3) is 4.08. The van der Waals surface area contributed by atoms with Crippen molar-refractivity contribution in [3.8, 4) is 22.3 Å². The minimum Gasteiger partial charge on any atom is -0.0753 e. The molecule has 4 rings (SSSR count). The smallest absolute Gasteiger partial charge is 0.0154 e. The Labute approximate surface area is 171 Å². The van der Waals surface area contributed by atoms with E-state index in [-0.39, 0.29) is 7.92 Å². The zero-order valence-electron chi connectivity index (χ0n) is 17.7. The fourth-order valence-corrected chi connectivity index (χ4v) is 7.13. The van der Waals surface area contributed by atoms with Gasteiger partial charge in [-0.05, 0) is 110 Å². The quantitative estimate of drug-likeness (QED) is 0.408. The van der Waals surface area contributed by atoms with Crippen molar-refractivity contribution in [2.75, 3.05) is 12.3 Å². The van der Waals surface area contributed by atoms with E-state index in [0.29, 0.717) is 0 Å². The molecule has 0 aromatic heterocycles. The molecule has 0 bridgehead atoms. The van der Waals surface area contributed by atoms with Gasteiger partial charge in [0.05, 0.1) is 0 Å². The average Bonchev–Trinajstić information content (AvgIpc) is 2.68. The summed E-state index contributed by atoms with van der Waals surface area (Å²) >= 11 is 0. The SMILES string of the molecule is Cc1ccc(-c2cc(-c3ccc(C)cc3C)cc(P3CCCCC3)c2)c(C)c1. The van der Waals surface area contributed by atoms with Crippen LogP contribution < -0.4 is 5.30 Å². The third-order valence-corrected chi connectivity index (χ3v) is 8.73. The highest BCUT2D eigenvalue weighted by Crippen LogP contribution is 2.43. The van der Waals surface area contributed by atoms with Crippen molar-refractivity contribution in [3.05, 3.63) is 76.9 Å². The summed E-state index contributed by atoms with van der Waals surface area (Å²) in [4.78, 5) is 0. The second-order valence-corrected chi connectivity index (χ2v) is 10.9. The van der Waals surface area contributed by atoms with Gasteiger partial charge in [-0.25, -0.2) is 0 Å². The first kappa shape index (κ1) is 19.4. The van der Waals surface area contributed by atoms with Crippen LogP contribution in [-0.4, -0.2) is 12.3 Å². The van der Waals surface area contributed by atoms with Gasteiger partial charge in [0.1, 0.15) is 0 Å². The van der Waals surface area contributed by atoms with E-state index in [2.05, 4.69) is 82.3 Å². The molecule has 0 spiro atoms. The maximum Gasteiger partial charge on any atom is -0.0154 e. The number of aryl methyl sites for hydroxylation is 4. The molecule has 1 aliphatic rings. The lowest BCUT2D eigenvalue weighted by atomic mass is 9.93. The van der Waals surface area contributed by atoms with Crippen molar-refractivity contribution in [2.45, 2.75) is 47.0 Å². The molecular weight excluding hydrogens is 355 g/mol. The Kier molecular flexibility index (Phi) is 5.70. The number of hydrogen-bond acceptors (Lipinski definition) is 0. The zero-order chi connectivity index (χ0) is 19.7. The summed E-state index contributed by atoms with van der Waals surface area (Å²) in [6.45, 7) is 8.86. The van der Waals surface area contributed by atoms with Crippen LogP contribution in [0.2, 0.25) is 0 Å². The summed E-state index contributed by atoms with van der Waals surface area (Å²) in [5, 5.41) is 1.60. The molecule has 0 radical (unpaired) electrons. The van der Waals surface area contributed by atoms with Crippen LogP contribution in [0.25, 0.3) is 22.3 Å². The zero-order valence-corrected chi connectivity index (χ0v) is 18.6. The van der Waals surface area contributed by atoms with E-state index in [1.54, 1.807) is 5.30 Å². The molecule has 28 heavy (non-hydrogen) atoms. The summed E-state index contributed by atoms with van der Waals surface area (Å²) in [6, 6.07) is 21.2. The van der Waals surface area contributed by atoms with Crippen molar-refractivity contribution in [1.82, 2.24) is 0 Å². The van der Waals surface area contributed by atoms with E-state index in [9.17, 15) is 0 Å². The highest BCUT2D eigenvalue weighted by atomic mass is 31.1. The molecule has 0 N–H and O–H groups in total. The lowest BCUT2D eigenvalue weighted by Crippen LogP contribution is -2.11. The van der Waals surface area contributed by atoms with Gasteiger partial charge >= 0.3 is 0 Å². The Bertz CT molecular complexity index is 923. The van der Waals surface area contributed by atoms with Crippen LogP contribution in [-0.2, 0) is 0 Å². The molecule has 0 aliphatic carbocycles. The second-order valence-electron chi connectivity index (χ2n) is 8.45. The second kappa shape index (κ2) is 8.22. The molecule has 1 saturated heterocycles. The van der Waals surface area contributed by atoms with Gasteiger partial charge in [-0.1, -0.05) is 61.9 Å². The van der Waals surface area contributed by atoms with Crippen molar-refractivity contribution in [2.24, 2.45) is 0 Å². The van der Waals surface area contributed by atoms with E-state index in [4.69, 9.17) is 0 Å². The average molecular weight is 387 g/mol. The van der Waals surface area contributed by atoms with Crippen LogP contribution in [0.3, 0.4) is 0 Å². The predicted molar refractivity (Wildman–Crippen MR) is 126 cm³/mol. The van der Waals surface area contributed by atoms with Crippen LogP contribution in [0.4, 0.5) is 0 Å². The van der Waals surface area contributed by atoms with Gasteiger partial charge in [0, 0.05) is 0 Å². The van der Waals surface area contributed by atoms with Gasteiger partial charge in [0.2, 0.25) is 0 Å². The third-order valence-electron chi connectivity index (χ3n) is 6.02. The highest BCUT2D eigenvalue weighted by molar-refractivity contribution is 7.65. The lowest BCUT2D eigenvalue weighted by Gasteiger charge is -2.24. The molecular formula is C27H31P. The molecule has 1 aliphatic heterocycles. The van der Waals surface area contributed by atoms with Crippen molar-refractivity contribution in [1.29, 1.82) is 0 Å². The minimum absolute atomic E-state index is 0.0117. The van der Waals surface area contributed by atoms with Crippen molar-refractivity contribution in [3.63, 3.8) is 0 Å². The van der Waals surface area contributed by atoms with Gasteiger partial charge in [0.15, 0.2) is 0 Å². The van der Waals surface area contributed by atoms with E-state index < -0.39 is 0 Å². The number of rotatable bonds is 3. The van der Waals surface area contributed by atoms with Gasteiger partial charge in [-0.3, -0.25) is 0 Å². The van der Waals surface area contributed by atoms with E-state index in [1.807, 2.05) is 0 Å². The molecule has 1 fully saturated rings. The number of hydrogen-bond donors (Lipinski definition) is 0. The predicted octanol–water partition coefficient (Wildman–Crippen LogP) is 7.55. The molecule has 144 valence electrons. The largest absolute Gasteiger partial charge is 0.0753 e. The van der Waals surface area contributed by atoms with E-state index in [1.165, 1.54) is 76.1 Å². The fourth-order valence-electron chi connectivity index (χ4n) is 4.53. The molecule has 0 unspecified atom stereocenters. The minimum atomic E-state index is -0.0117. The standard InChI is InChI=1S/C27H31P/c1-19-8-10-26(21(3)14-19)23-16-24(27-11-9-20(2)15-22(27)4)18-25(17-23)28-12-6-5-7-13-28/h8-11,14-18H,5-7,12-13H2,1-4H3. The molecule has 1 heteroatoms. The Morgan fingerprint density at radius 2 is 1.07 bits per heavy atom. The molecule has 3 aromatic carbocycles. The Balaban J connectivity index is 1.87. The summed E-state index contributed by atoms with van der Waals surface area (Å²) in [6.07, 6.45) is 7.02. The molecule has 0 amide bonds. The van der Waals surface area contributed by atoms with Crippen LogP contribution in [0.5, 0.6) is 0 Å². The molecule has 0 saturated carbocycles. The van der Waals surface area contributed by atoms with Gasteiger partial charge < -0.3 is 0 Å². The first-order chi connectivity index (χ1) is 13.5. The van der Waals surface area contributed by atoms with Crippen molar-refractivity contribution >= 4 is 13.2 Å². The molecule has 0 atom stereocenters. The lowest BCUT2D eigenvalue weighted by molar-refractivity contribution is 0.755. The van der Waals surface area contributed by atoms with Crippen LogP contribution in [0, 0.1) is 27.7 Å². The summed E-state index contributed by atoms with van der Waals surface area (Å²) in [7, 11) is -0.0117. The van der Waals surface area contributed by atoms with Gasteiger partial charge in [-0.15, -0.1) is 0 Å². The summed E-state index contributed by atoms with van der Waals surface area (Å²) in [5.74, 6) is 0. The summed E-state index contributed by atoms with van der Waals surface area (Å²) in [5.41, 5.74) is 11.0. The maximum absolute atomic E-state index is 2.50. The molecule has 0 nitrogen and oxygen atoms in total. The van der Waals surface area contributed by atoms with Crippen LogP contribution >= 0.6 is 7.92 Å². The van der Waals surface area contributed by atoms with Gasteiger partial charge in [0.25, 0.3) is 0 Å². The first-order valence-corrected chi connectivity index (χ1v) is 12.3. The van der Waals surface area contributed by atoms with Gasteiger partial charge in [-0.2, -0.15) is 0 Å². The topological polar surface area (TPSA) is 0 Å². The Hall–Kier alpha value is -1.91. The van der Waals surface area contributed by atoms with E-state index in [0.717, 1.165) is 0 Å². The van der Waals surface area contributed by atoms with Crippen molar-refractivity contribution < 1.29 is 0 Å². The normalized spacial score (nSPS) is 15.0. The summed E-state index contributed by atoms with van der Waals surface area (Å²) < 4.78 is 0. The number of benzene rings is 3. The monoisotopic (exact) mass is 386 g/mol. The van der Waals surface area contributed by atoms with E-state index >= 15 is 0 Å². The molecule has 1 heterocycles. The fraction of sp³-hybridized carbons (Fsp3) is 0.333. The Morgan fingerprint density at radius 3 is 1.54 bits per heavy atom. The highest BCUT2D eigenvalue weighted by Gasteiger charge is 2.18. The van der Waals surface area contributed by atoms with Crippen LogP contribution in [0.1, 0.15) is 41.5 Å². The maximum atomic E-state index is 2.50. The van der Waals surface area contributed by atoms with Crippen LogP contribution in [0.15, 0.2) is 54.6 Å². The molecule has 3 aromatic rings. The Morgan fingerprint density at radius 1 is 0.571 bits per heavy atom. The first-order valence-electron chi connectivity index (χ1n) is 10.6.